The van der Waals surface area contributed by atoms with Crippen molar-refractivity contribution in [2.75, 3.05) is 6.61 Å². The number of hydrogen-bond acceptors (Lipinski definition) is 3. The van der Waals surface area contributed by atoms with Crippen LogP contribution in [0.25, 0.3) is 0 Å². The first-order valence-electron chi connectivity index (χ1n) is 14.1. The Hall–Kier alpha value is -1.16. The fourth-order valence-corrected chi connectivity index (χ4v) is 4.55. The van der Waals surface area contributed by atoms with E-state index < -0.39 is 0 Å². The fourth-order valence-electron chi connectivity index (χ4n) is 4.29. The van der Waals surface area contributed by atoms with Crippen molar-refractivity contribution in [2.24, 2.45) is 0 Å². The molecular weight excluding hydrogens is 488 g/mol. The predicted octanol–water partition coefficient (Wildman–Crippen LogP) is 10.00. The molecule has 4 heteroatoms. The molecule has 0 fully saturated rings. The molecule has 0 N–H and O–H groups in total. The number of Topliss-reactive ketones (excluding diaryl/α,β-unsaturated/α-hetero) is 1. The number of ether oxygens (including phenoxy) is 1. The maximum Gasteiger partial charge on any atom is 0.306 e. The van der Waals surface area contributed by atoms with Crippen LogP contribution in [0.3, 0.4) is 0 Å². The summed E-state index contributed by atoms with van der Waals surface area (Å²) in [4.78, 5) is 23.9. The van der Waals surface area contributed by atoms with Gasteiger partial charge >= 0.3 is 5.97 Å². The SMILES string of the molecule is CCCCCCCCCCCCCCCCCCCCCC(=O)OCC(=O)c1ccc(Br)cc1. The minimum absolute atomic E-state index is 0.158. The van der Waals surface area contributed by atoms with E-state index in [4.69, 9.17) is 4.74 Å². The Morgan fingerprint density at radius 1 is 0.618 bits per heavy atom. The summed E-state index contributed by atoms with van der Waals surface area (Å²) < 4.78 is 6.05. The van der Waals surface area contributed by atoms with Crippen LogP contribution in [0.5, 0.6) is 0 Å². The standard InChI is InChI=1S/C30H49BrO3/c1-2-3-4-5-6-7-8-9-10-11-12-13-14-15-16-17-18-19-20-21-30(33)34-26-29(32)27-22-24-28(31)25-23-27/h22-25H,2-21,26H2,1H3. The van der Waals surface area contributed by atoms with Crippen molar-refractivity contribution in [2.45, 2.75) is 135 Å². The van der Waals surface area contributed by atoms with Gasteiger partial charge in [-0.15, -0.1) is 0 Å². The van der Waals surface area contributed by atoms with Gasteiger partial charge in [-0.25, -0.2) is 0 Å². The third-order valence-electron chi connectivity index (χ3n) is 6.51. The van der Waals surface area contributed by atoms with Gasteiger partial charge in [0.1, 0.15) is 0 Å². The first-order chi connectivity index (χ1) is 16.6. The second-order valence-corrected chi connectivity index (χ2v) is 10.6. The van der Waals surface area contributed by atoms with Gasteiger partial charge in [0.25, 0.3) is 0 Å². The van der Waals surface area contributed by atoms with Crippen LogP contribution in [0, 0.1) is 0 Å². The van der Waals surface area contributed by atoms with E-state index in [-0.39, 0.29) is 18.4 Å². The topological polar surface area (TPSA) is 43.4 Å². The maximum absolute atomic E-state index is 12.0. The average molecular weight is 538 g/mol. The first kappa shape index (κ1) is 30.9. The van der Waals surface area contributed by atoms with Crippen LogP contribution in [0.15, 0.2) is 28.7 Å². The van der Waals surface area contributed by atoms with Gasteiger partial charge in [-0.1, -0.05) is 151 Å². The van der Waals surface area contributed by atoms with Crippen molar-refractivity contribution in [3.63, 3.8) is 0 Å². The summed E-state index contributed by atoms with van der Waals surface area (Å²) in [5.41, 5.74) is 0.569. The van der Waals surface area contributed by atoms with E-state index in [0.29, 0.717) is 12.0 Å². The number of esters is 1. The quantitative estimate of drug-likeness (QED) is 0.0792. The van der Waals surface area contributed by atoms with Gasteiger partial charge in [-0.05, 0) is 18.6 Å². The molecule has 0 aliphatic heterocycles. The van der Waals surface area contributed by atoms with E-state index in [2.05, 4.69) is 22.9 Å². The molecule has 0 aliphatic carbocycles. The van der Waals surface area contributed by atoms with Gasteiger partial charge in [-0.3, -0.25) is 9.59 Å². The molecule has 1 aromatic rings. The Morgan fingerprint density at radius 2 is 1.00 bits per heavy atom. The summed E-state index contributed by atoms with van der Waals surface area (Å²) >= 11 is 3.34. The molecular formula is C30H49BrO3. The van der Waals surface area contributed by atoms with Crippen LogP contribution in [0.4, 0.5) is 0 Å². The van der Waals surface area contributed by atoms with E-state index in [1.54, 1.807) is 12.1 Å². The Labute approximate surface area is 217 Å². The summed E-state index contributed by atoms with van der Waals surface area (Å²) in [6.07, 6.45) is 25.8. The van der Waals surface area contributed by atoms with Gasteiger partial charge in [0.2, 0.25) is 0 Å². The molecule has 0 saturated carbocycles. The molecule has 0 bridgehead atoms. The lowest BCUT2D eigenvalue weighted by atomic mass is 10.0. The number of halogens is 1. The molecule has 0 unspecified atom stereocenters. The highest BCUT2D eigenvalue weighted by Crippen LogP contribution is 2.15. The zero-order valence-corrected chi connectivity index (χ0v) is 23.3. The van der Waals surface area contributed by atoms with Crippen LogP contribution < -0.4 is 0 Å². The predicted molar refractivity (Wildman–Crippen MR) is 147 cm³/mol. The third-order valence-corrected chi connectivity index (χ3v) is 7.04. The number of ketones is 1. The van der Waals surface area contributed by atoms with E-state index in [0.717, 1.165) is 17.3 Å². The second-order valence-electron chi connectivity index (χ2n) is 9.70. The highest BCUT2D eigenvalue weighted by molar-refractivity contribution is 9.10. The molecule has 194 valence electrons. The lowest BCUT2D eigenvalue weighted by Crippen LogP contribution is -2.13. The molecule has 0 atom stereocenters. The number of benzene rings is 1. The average Bonchev–Trinajstić information content (AvgIpc) is 2.84. The smallest absolute Gasteiger partial charge is 0.306 e. The zero-order chi connectivity index (χ0) is 24.7. The fraction of sp³-hybridized carbons (Fsp3) is 0.733. The molecule has 34 heavy (non-hydrogen) atoms. The van der Waals surface area contributed by atoms with Crippen molar-refractivity contribution in [1.82, 2.24) is 0 Å². The molecule has 0 saturated heterocycles. The number of rotatable bonds is 23. The van der Waals surface area contributed by atoms with Gasteiger partial charge < -0.3 is 4.74 Å². The van der Waals surface area contributed by atoms with E-state index in [1.807, 2.05) is 12.1 Å². The summed E-state index contributed by atoms with van der Waals surface area (Å²) in [5.74, 6) is -0.425. The highest BCUT2D eigenvalue weighted by atomic mass is 79.9. The molecule has 1 aromatic carbocycles. The van der Waals surface area contributed by atoms with Crippen LogP contribution in [0.2, 0.25) is 0 Å². The Bertz CT molecular complexity index is 626. The Morgan fingerprint density at radius 3 is 1.41 bits per heavy atom. The normalized spacial score (nSPS) is 11.0. The monoisotopic (exact) mass is 536 g/mol. The van der Waals surface area contributed by atoms with E-state index >= 15 is 0 Å². The van der Waals surface area contributed by atoms with Crippen molar-refractivity contribution in [3.05, 3.63) is 34.3 Å². The van der Waals surface area contributed by atoms with Gasteiger partial charge in [0, 0.05) is 16.5 Å². The van der Waals surface area contributed by atoms with Crippen LogP contribution in [-0.4, -0.2) is 18.4 Å². The zero-order valence-electron chi connectivity index (χ0n) is 21.8. The van der Waals surface area contributed by atoms with E-state index in [1.165, 1.54) is 109 Å². The third kappa shape index (κ3) is 18.2. The molecule has 0 aliphatic rings. The summed E-state index contributed by atoms with van der Waals surface area (Å²) in [6.45, 7) is 2.11. The Balaban J connectivity index is 1.79. The summed E-state index contributed by atoms with van der Waals surface area (Å²) in [5, 5.41) is 0. The maximum atomic E-state index is 12.0. The lowest BCUT2D eigenvalue weighted by Gasteiger charge is -2.05. The van der Waals surface area contributed by atoms with Gasteiger partial charge in [0.15, 0.2) is 12.4 Å². The molecule has 0 heterocycles. The second kappa shape index (κ2) is 22.3. The van der Waals surface area contributed by atoms with Gasteiger partial charge in [0.05, 0.1) is 0 Å². The molecule has 0 spiro atoms. The minimum atomic E-state index is -0.266. The summed E-state index contributed by atoms with van der Waals surface area (Å²) in [7, 11) is 0. The van der Waals surface area contributed by atoms with E-state index in [9.17, 15) is 9.59 Å². The van der Waals surface area contributed by atoms with Crippen molar-refractivity contribution >= 4 is 27.7 Å². The summed E-state index contributed by atoms with van der Waals surface area (Å²) in [6, 6.07) is 7.10. The molecule has 3 nitrogen and oxygen atoms in total. The highest BCUT2D eigenvalue weighted by Gasteiger charge is 2.09. The number of carbonyl (C=O) groups is 2. The van der Waals surface area contributed by atoms with Crippen LogP contribution in [0.1, 0.15) is 146 Å². The lowest BCUT2D eigenvalue weighted by molar-refractivity contribution is -0.142. The number of carbonyl (C=O) groups excluding carboxylic acids is 2. The number of hydrogen-bond donors (Lipinski definition) is 0. The van der Waals surface area contributed by atoms with Crippen molar-refractivity contribution < 1.29 is 14.3 Å². The number of unbranched alkanes of at least 4 members (excludes halogenated alkanes) is 18. The largest absolute Gasteiger partial charge is 0.457 e. The van der Waals surface area contributed by atoms with Crippen molar-refractivity contribution in [1.29, 1.82) is 0 Å². The minimum Gasteiger partial charge on any atom is -0.457 e. The van der Waals surface area contributed by atoms with Gasteiger partial charge in [-0.2, -0.15) is 0 Å². The Kier molecular flexibility index (Phi) is 20.3. The molecule has 1 rings (SSSR count). The molecule has 0 aromatic heterocycles. The first-order valence-corrected chi connectivity index (χ1v) is 14.9. The molecule has 0 amide bonds. The molecule has 0 radical (unpaired) electrons. The van der Waals surface area contributed by atoms with Crippen molar-refractivity contribution in [3.8, 4) is 0 Å². The van der Waals surface area contributed by atoms with Crippen LogP contribution >= 0.6 is 15.9 Å². The van der Waals surface area contributed by atoms with Crippen LogP contribution in [-0.2, 0) is 9.53 Å².